The lowest BCUT2D eigenvalue weighted by atomic mass is 9.83. The molecule has 2 fully saturated rings. The first-order valence-electron chi connectivity index (χ1n) is 14.3. The molecule has 0 unspecified atom stereocenters. The second-order valence-corrected chi connectivity index (χ2v) is 12.1. The van der Waals surface area contributed by atoms with E-state index in [2.05, 4.69) is 21.3 Å². The molecule has 1 saturated carbocycles. The second kappa shape index (κ2) is 12.0. The molecule has 2 heterocycles. The predicted molar refractivity (Wildman–Crippen MR) is 162 cm³/mol. The highest BCUT2D eigenvalue weighted by molar-refractivity contribution is 6.34. The van der Waals surface area contributed by atoms with Crippen LogP contribution in [0.3, 0.4) is 0 Å². The Bertz CT molecular complexity index is 1430. The smallest absolute Gasteiger partial charge is 0.350 e. The van der Waals surface area contributed by atoms with Crippen molar-refractivity contribution in [2.24, 2.45) is 4.99 Å². The summed E-state index contributed by atoms with van der Waals surface area (Å²) >= 11 is 12.3. The van der Waals surface area contributed by atoms with E-state index >= 15 is 0 Å². The summed E-state index contributed by atoms with van der Waals surface area (Å²) in [6, 6.07) is 19.4. The van der Waals surface area contributed by atoms with Gasteiger partial charge in [-0.2, -0.15) is 4.99 Å². The third-order valence-electron chi connectivity index (χ3n) is 8.34. The summed E-state index contributed by atoms with van der Waals surface area (Å²) in [5.74, 6) is 1.67. The van der Waals surface area contributed by atoms with Crippen LogP contribution in [-0.4, -0.2) is 41.4 Å². The number of aliphatic imine (C=N–C) groups is 1. The van der Waals surface area contributed by atoms with Crippen molar-refractivity contribution in [3.63, 3.8) is 0 Å². The third-order valence-corrected chi connectivity index (χ3v) is 8.78. The Balaban J connectivity index is 1.18. The van der Waals surface area contributed by atoms with Crippen molar-refractivity contribution in [3.05, 3.63) is 88.2 Å². The lowest BCUT2D eigenvalue weighted by molar-refractivity contribution is 0.181. The topological polar surface area (TPSA) is 57.2 Å². The number of rotatable bonds is 6. The minimum absolute atomic E-state index is 0.315. The summed E-state index contributed by atoms with van der Waals surface area (Å²) in [6.45, 7) is 2.26. The van der Waals surface area contributed by atoms with Crippen LogP contribution in [0.4, 0.5) is 14.9 Å². The number of anilines is 1. The Morgan fingerprint density at radius 3 is 2.39 bits per heavy atom. The molecule has 9 heteroatoms. The van der Waals surface area contributed by atoms with E-state index in [0.29, 0.717) is 46.1 Å². The van der Waals surface area contributed by atoms with Crippen LogP contribution < -0.4 is 15.0 Å². The number of nitrogens with one attached hydrogen (secondary N) is 1. The molecule has 0 aromatic heterocycles. The number of hydrogen-bond acceptors (Lipinski definition) is 4. The molecule has 214 valence electrons. The monoisotopic (exact) mass is 594 g/mol. The molecule has 0 bridgehead atoms. The minimum Gasteiger partial charge on any atom is -0.457 e. The summed E-state index contributed by atoms with van der Waals surface area (Å²) in [7, 11) is 0. The second-order valence-electron chi connectivity index (χ2n) is 11.2. The molecule has 1 spiro atoms. The molecule has 1 N–H and O–H groups in total. The number of nitrogens with zero attached hydrogens (tertiary/aromatic N) is 3. The Labute approximate surface area is 250 Å². The number of carbonyl (C=O) groups excluding carboxylic acids is 1. The Morgan fingerprint density at radius 2 is 1.66 bits per heavy atom. The van der Waals surface area contributed by atoms with Crippen LogP contribution in [0.1, 0.15) is 50.5 Å². The van der Waals surface area contributed by atoms with E-state index in [1.807, 2.05) is 18.2 Å². The van der Waals surface area contributed by atoms with Crippen LogP contribution in [0.15, 0.2) is 71.7 Å². The van der Waals surface area contributed by atoms with Crippen molar-refractivity contribution in [2.75, 3.05) is 18.0 Å². The molecule has 6 nitrogen and oxygen atoms in total. The fourth-order valence-corrected chi connectivity index (χ4v) is 6.85. The number of likely N-dealkylation sites (tertiary alicyclic amines) is 1. The van der Waals surface area contributed by atoms with Gasteiger partial charge in [0.05, 0.1) is 0 Å². The summed E-state index contributed by atoms with van der Waals surface area (Å²) < 4.78 is 20.3. The zero-order valence-electron chi connectivity index (χ0n) is 22.8. The molecule has 3 aromatic carbocycles. The maximum Gasteiger partial charge on any atom is 0.350 e. The number of hydrogen-bond donors (Lipinski definition) is 1. The highest BCUT2D eigenvalue weighted by atomic mass is 35.5. The number of amidine groups is 1. The molecular weight excluding hydrogens is 562 g/mol. The Kier molecular flexibility index (Phi) is 8.20. The van der Waals surface area contributed by atoms with Crippen molar-refractivity contribution >= 4 is 40.8 Å². The van der Waals surface area contributed by atoms with Gasteiger partial charge in [0.1, 0.15) is 28.7 Å². The molecule has 0 radical (unpaired) electrons. The van der Waals surface area contributed by atoms with Gasteiger partial charge in [-0.25, -0.2) is 9.18 Å². The quantitative estimate of drug-likeness (QED) is 0.312. The van der Waals surface area contributed by atoms with Crippen molar-refractivity contribution in [1.82, 2.24) is 10.2 Å². The van der Waals surface area contributed by atoms with E-state index in [0.717, 1.165) is 43.9 Å². The van der Waals surface area contributed by atoms with Crippen molar-refractivity contribution in [3.8, 4) is 11.5 Å². The predicted octanol–water partition coefficient (Wildman–Crippen LogP) is 8.22. The normalized spacial score (nSPS) is 19.4. The van der Waals surface area contributed by atoms with Crippen LogP contribution in [-0.2, 0) is 6.54 Å². The van der Waals surface area contributed by atoms with Gasteiger partial charge in [-0.05, 0) is 79.8 Å². The molecule has 3 aromatic rings. The van der Waals surface area contributed by atoms with E-state index in [1.165, 1.54) is 31.4 Å². The lowest BCUT2D eigenvalue weighted by Gasteiger charge is -2.45. The number of piperidine rings is 1. The van der Waals surface area contributed by atoms with Gasteiger partial charge in [0.2, 0.25) is 0 Å². The maximum absolute atomic E-state index is 14.3. The van der Waals surface area contributed by atoms with E-state index in [-0.39, 0.29) is 11.8 Å². The standard InChI is InChI=1S/C32H33Cl2FN4O2/c33-23-17-24(34)19-29(18-23)41-28-11-4-6-22(16-28)21-38-14-12-32(13-15-38)30(36-26-8-2-1-3-9-26)37-31(40)39(32)27-10-5-7-25(35)20-27/h4-7,10-11,16-20,26H,1-3,8-9,12-15,21H2,(H,36,37,40). The Hall–Kier alpha value is -3.13. The molecule has 6 rings (SSSR count). The first-order valence-corrected chi connectivity index (χ1v) is 15.0. The molecule has 0 atom stereocenters. The van der Waals surface area contributed by atoms with E-state index in [1.54, 1.807) is 35.2 Å². The maximum atomic E-state index is 14.3. The molecule has 2 aliphatic heterocycles. The number of benzene rings is 3. The van der Waals surface area contributed by atoms with Gasteiger partial charge < -0.3 is 10.1 Å². The number of carbonyl (C=O) groups is 1. The lowest BCUT2D eigenvalue weighted by Crippen LogP contribution is -2.62. The van der Waals surface area contributed by atoms with Crippen LogP contribution in [0.2, 0.25) is 10.0 Å². The zero-order valence-corrected chi connectivity index (χ0v) is 24.3. The molecule has 2 amide bonds. The van der Waals surface area contributed by atoms with Crippen LogP contribution in [0.25, 0.3) is 0 Å². The number of halogens is 3. The fraction of sp³-hybridized carbons (Fsp3) is 0.375. The largest absolute Gasteiger partial charge is 0.457 e. The van der Waals surface area contributed by atoms with Crippen LogP contribution >= 0.6 is 23.2 Å². The van der Waals surface area contributed by atoms with Gasteiger partial charge in [-0.3, -0.25) is 9.80 Å². The fourth-order valence-electron chi connectivity index (χ4n) is 6.35. The highest BCUT2D eigenvalue weighted by Crippen LogP contribution is 2.40. The number of ether oxygens (including phenoxy) is 1. The van der Waals surface area contributed by atoms with Crippen molar-refractivity contribution < 1.29 is 13.9 Å². The van der Waals surface area contributed by atoms with Crippen LogP contribution in [0, 0.1) is 5.82 Å². The molecular formula is C32H33Cl2FN4O2. The van der Waals surface area contributed by atoms with Gasteiger partial charge in [-0.1, -0.05) is 60.7 Å². The average Bonchev–Trinajstić information content (AvgIpc) is 3.20. The van der Waals surface area contributed by atoms with Crippen LogP contribution in [0.5, 0.6) is 11.5 Å². The summed E-state index contributed by atoms with van der Waals surface area (Å²) in [5.41, 5.74) is 1.05. The Morgan fingerprint density at radius 1 is 0.927 bits per heavy atom. The number of amides is 2. The van der Waals surface area contributed by atoms with Gasteiger partial charge in [0, 0.05) is 41.4 Å². The minimum atomic E-state index is -0.615. The summed E-state index contributed by atoms with van der Waals surface area (Å²) in [5, 5.41) is 4.70. The molecule has 1 saturated heterocycles. The van der Waals surface area contributed by atoms with E-state index < -0.39 is 5.54 Å². The average molecular weight is 596 g/mol. The molecule has 1 aliphatic carbocycles. The van der Waals surface area contributed by atoms with Gasteiger partial charge in [0.15, 0.2) is 0 Å². The SMILES string of the molecule is O=C1N=C(NC2CCCCC2)C2(CCN(Cc3cccc(Oc4cc(Cl)cc(Cl)c4)c3)CC2)N1c1cccc(F)c1. The molecule has 3 aliphatic rings. The van der Waals surface area contributed by atoms with Crippen molar-refractivity contribution in [2.45, 2.75) is 63.1 Å². The van der Waals surface area contributed by atoms with Crippen molar-refractivity contribution in [1.29, 1.82) is 0 Å². The number of urea groups is 1. The first-order chi connectivity index (χ1) is 19.9. The summed E-state index contributed by atoms with van der Waals surface area (Å²) in [4.78, 5) is 22.0. The highest BCUT2D eigenvalue weighted by Gasteiger charge is 2.52. The summed E-state index contributed by atoms with van der Waals surface area (Å²) in [6.07, 6.45) is 7.17. The zero-order chi connectivity index (χ0) is 28.4. The molecule has 41 heavy (non-hydrogen) atoms. The first kappa shape index (κ1) is 28.0. The van der Waals surface area contributed by atoms with Gasteiger partial charge in [0.25, 0.3) is 0 Å². The van der Waals surface area contributed by atoms with Gasteiger partial charge >= 0.3 is 6.03 Å². The third kappa shape index (κ3) is 6.22. The van der Waals surface area contributed by atoms with E-state index in [9.17, 15) is 9.18 Å². The van der Waals surface area contributed by atoms with Gasteiger partial charge in [-0.15, -0.1) is 0 Å². The van der Waals surface area contributed by atoms with E-state index in [4.69, 9.17) is 27.9 Å².